The lowest BCUT2D eigenvalue weighted by Crippen LogP contribution is -2.48. The lowest BCUT2D eigenvalue weighted by Gasteiger charge is -2.34. The number of aromatic nitrogens is 1. The Morgan fingerprint density at radius 2 is 2.21 bits per heavy atom. The van der Waals surface area contributed by atoms with Crippen molar-refractivity contribution in [1.82, 2.24) is 10.3 Å². The lowest BCUT2D eigenvalue weighted by molar-refractivity contribution is 0.0210. The molecule has 0 aliphatic heterocycles. The van der Waals surface area contributed by atoms with Crippen molar-refractivity contribution in [3.63, 3.8) is 0 Å². The Bertz CT molecular complexity index is 444. The van der Waals surface area contributed by atoms with E-state index < -0.39 is 0 Å². The number of rotatable bonds is 4. The molecule has 0 unspecified atom stereocenters. The molecule has 0 spiro atoms. The maximum atomic E-state index is 11.9. The molecule has 1 aromatic heterocycles. The second-order valence-electron chi connectivity index (χ2n) is 4.91. The minimum atomic E-state index is -0.186. The number of methoxy groups -OCH3 is 1. The average Bonchev–Trinajstić information content (AvgIpc) is 2.33. The van der Waals surface area contributed by atoms with Gasteiger partial charge in [0.1, 0.15) is 0 Å². The molecule has 0 saturated heterocycles. The van der Waals surface area contributed by atoms with Gasteiger partial charge in [-0.25, -0.2) is 4.79 Å². The first-order chi connectivity index (χ1) is 9.10. The molecule has 2 N–H and O–H groups in total. The molecule has 6 heteroatoms. The number of anilines is 2. The Morgan fingerprint density at radius 1 is 1.47 bits per heavy atom. The minimum absolute atomic E-state index is 0.186. The van der Waals surface area contributed by atoms with Crippen LogP contribution in [0.15, 0.2) is 18.5 Å². The summed E-state index contributed by atoms with van der Waals surface area (Å²) in [5.41, 5.74) is 1.63. The van der Waals surface area contributed by atoms with Gasteiger partial charge in [-0.05, 0) is 18.9 Å². The molecule has 6 nitrogen and oxygen atoms in total. The largest absolute Gasteiger partial charge is 0.381 e. The number of pyridine rings is 1. The van der Waals surface area contributed by atoms with Crippen LogP contribution in [-0.2, 0) is 4.74 Å². The first-order valence-corrected chi connectivity index (χ1v) is 6.31. The van der Waals surface area contributed by atoms with E-state index in [1.54, 1.807) is 25.6 Å². The third-order valence-corrected chi connectivity index (χ3v) is 3.29. The summed E-state index contributed by atoms with van der Waals surface area (Å²) in [4.78, 5) is 17.8. The molecule has 0 radical (unpaired) electrons. The summed E-state index contributed by atoms with van der Waals surface area (Å²) in [7, 11) is 5.52. The van der Waals surface area contributed by atoms with Crippen LogP contribution in [0, 0.1) is 0 Å². The van der Waals surface area contributed by atoms with Crippen molar-refractivity contribution in [2.45, 2.75) is 25.0 Å². The quantitative estimate of drug-likeness (QED) is 0.863. The van der Waals surface area contributed by atoms with Gasteiger partial charge in [-0.3, -0.25) is 4.98 Å². The van der Waals surface area contributed by atoms with E-state index >= 15 is 0 Å². The summed E-state index contributed by atoms with van der Waals surface area (Å²) in [6, 6.07) is 1.80. The van der Waals surface area contributed by atoms with Gasteiger partial charge >= 0.3 is 6.03 Å². The van der Waals surface area contributed by atoms with Crippen LogP contribution < -0.4 is 15.5 Å². The van der Waals surface area contributed by atoms with E-state index in [1.165, 1.54) is 0 Å². The number of carbonyl (C=O) groups excluding carboxylic acids is 1. The second kappa shape index (κ2) is 5.88. The van der Waals surface area contributed by atoms with Crippen molar-refractivity contribution in [3.05, 3.63) is 18.5 Å². The Balaban J connectivity index is 1.89. The Labute approximate surface area is 113 Å². The number of hydrogen-bond donors (Lipinski definition) is 2. The predicted molar refractivity (Wildman–Crippen MR) is 74.5 cm³/mol. The van der Waals surface area contributed by atoms with E-state index in [1.807, 2.05) is 19.0 Å². The summed E-state index contributed by atoms with van der Waals surface area (Å²) in [6.07, 6.45) is 5.41. The Kier molecular flexibility index (Phi) is 4.21. The molecule has 2 amide bonds. The molecule has 1 aromatic rings. The first kappa shape index (κ1) is 13.6. The highest BCUT2D eigenvalue weighted by Crippen LogP contribution is 2.24. The van der Waals surface area contributed by atoms with Gasteiger partial charge < -0.3 is 20.3 Å². The zero-order chi connectivity index (χ0) is 13.8. The standard InChI is InChI=1S/C13H20N4O2/c1-17(2)12-8-14-5-4-11(12)16-13(18)15-9-6-10(7-9)19-3/h4-5,8-10H,6-7H2,1-3H3,(H2,14,15,16,18). The summed E-state index contributed by atoms with van der Waals surface area (Å²) in [6.45, 7) is 0. The van der Waals surface area contributed by atoms with Crippen LogP contribution in [0.25, 0.3) is 0 Å². The average molecular weight is 264 g/mol. The fourth-order valence-electron chi connectivity index (χ4n) is 2.07. The van der Waals surface area contributed by atoms with Crippen LogP contribution in [0.4, 0.5) is 16.2 Å². The summed E-state index contributed by atoms with van der Waals surface area (Å²) in [5, 5.41) is 5.78. The van der Waals surface area contributed by atoms with Crippen molar-refractivity contribution in [3.8, 4) is 0 Å². The van der Waals surface area contributed by atoms with Gasteiger partial charge in [0.05, 0.1) is 23.7 Å². The number of hydrogen-bond acceptors (Lipinski definition) is 4. The van der Waals surface area contributed by atoms with E-state index in [2.05, 4.69) is 15.6 Å². The minimum Gasteiger partial charge on any atom is -0.381 e. The number of amides is 2. The highest BCUT2D eigenvalue weighted by molar-refractivity contribution is 5.93. The Hall–Kier alpha value is -1.82. The van der Waals surface area contributed by atoms with Crippen LogP contribution in [0.2, 0.25) is 0 Å². The molecule has 19 heavy (non-hydrogen) atoms. The van der Waals surface area contributed by atoms with Crippen molar-refractivity contribution in [2.24, 2.45) is 0 Å². The number of urea groups is 1. The van der Waals surface area contributed by atoms with Crippen molar-refractivity contribution < 1.29 is 9.53 Å². The zero-order valence-corrected chi connectivity index (χ0v) is 11.5. The molecule has 2 rings (SSSR count). The van der Waals surface area contributed by atoms with Crippen LogP contribution in [0.5, 0.6) is 0 Å². The predicted octanol–water partition coefficient (Wildman–Crippen LogP) is 1.45. The normalized spacial score (nSPS) is 21.4. The molecule has 0 bridgehead atoms. The fraction of sp³-hybridized carbons (Fsp3) is 0.538. The van der Waals surface area contributed by atoms with E-state index in [0.717, 1.165) is 24.2 Å². The van der Waals surface area contributed by atoms with Gasteiger partial charge in [0.15, 0.2) is 0 Å². The molecule has 0 aromatic carbocycles. The van der Waals surface area contributed by atoms with Crippen molar-refractivity contribution in [2.75, 3.05) is 31.4 Å². The molecule has 1 saturated carbocycles. The summed E-state index contributed by atoms with van der Waals surface area (Å²) < 4.78 is 5.18. The van der Waals surface area contributed by atoms with E-state index in [9.17, 15) is 4.79 Å². The molecule has 0 atom stereocenters. The van der Waals surface area contributed by atoms with Crippen molar-refractivity contribution in [1.29, 1.82) is 0 Å². The lowest BCUT2D eigenvalue weighted by atomic mass is 9.89. The smallest absolute Gasteiger partial charge is 0.319 e. The molecular formula is C13H20N4O2. The van der Waals surface area contributed by atoms with E-state index in [0.29, 0.717) is 0 Å². The molecule has 1 heterocycles. The van der Waals surface area contributed by atoms with Gasteiger partial charge in [-0.1, -0.05) is 0 Å². The van der Waals surface area contributed by atoms with Crippen LogP contribution in [0.3, 0.4) is 0 Å². The number of nitrogens with one attached hydrogen (secondary N) is 2. The van der Waals surface area contributed by atoms with E-state index in [4.69, 9.17) is 4.74 Å². The van der Waals surface area contributed by atoms with Crippen LogP contribution >= 0.6 is 0 Å². The molecule has 1 aliphatic carbocycles. The highest BCUT2D eigenvalue weighted by atomic mass is 16.5. The highest BCUT2D eigenvalue weighted by Gasteiger charge is 2.30. The molecular weight excluding hydrogens is 244 g/mol. The Morgan fingerprint density at radius 3 is 2.84 bits per heavy atom. The summed E-state index contributed by atoms with van der Waals surface area (Å²) in [5.74, 6) is 0. The monoisotopic (exact) mass is 264 g/mol. The zero-order valence-electron chi connectivity index (χ0n) is 11.5. The van der Waals surface area contributed by atoms with E-state index in [-0.39, 0.29) is 18.2 Å². The fourth-order valence-corrected chi connectivity index (χ4v) is 2.07. The van der Waals surface area contributed by atoms with Crippen molar-refractivity contribution >= 4 is 17.4 Å². The number of ether oxygens (including phenoxy) is 1. The third-order valence-electron chi connectivity index (χ3n) is 3.29. The number of carbonyl (C=O) groups is 1. The molecule has 1 fully saturated rings. The van der Waals surface area contributed by atoms with Gasteiger partial charge in [0.25, 0.3) is 0 Å². The SMILES string of the molecule is COC1CC(NC(=O)Nc2ccncc2N(C)C)C1. The second-order valence-corrected chi connectivity index (χ2v) is 4.91. The maximum Gasteiger partial charge on any atom is 0.319 e. The molecule has 104 valence electrons. The summed E-state index contributed by atoms with van der Waals surface area (Å²) >= 11 is 0. The van der Waals surface area contributed by atoms with Crippen LogP contribution in [-0.4, -0.2) is 44.4 Å². The van der Waals surface area contributed by atoms with Gasteiger partial charge in [0.2, 0.25) is 0 Å². The number of nitrogens with zero attached hydrogens (tertiary/aromatic N) is 2. The maximum absolute atomic E-state index is 11.9. The van der Waals surface area contributed by atoms with Crippen LogP contribution in [0.1, 0.15) is 12.8 Å². The third kappa shape index (κ3) is 3.35. The van der Waals surface area contributed by atoms with Gasteiger partial charge in [-0.15, -0.1) is 0 Å². The van der Waals surface area contributed by atoms with Gasteiger partial charge in [0, 0.05) is 33.4 Å². The topological polar surface area (TPSA) is 66.5 Å². The molecule has 1 aliphatic rings. The first-order valence-electron chi connectivity index (χ1n) is 6.31. The van der Waals surface area contributed by atoms with Gasteiger partial charge in [-0.2, -0.15) is 0 Å².